The zero-order chi connectivity index (χ0) is 12.0. The minimum absolute atomic E-state index is 0.259. The molecule has 0 radical (unpaired) electrons. The lowest BCUT2D eigenvalue weighted by atomic mass is 10.1. The molecule has 0 saturated carbocycles. The van der Waals surface area contributed by atoms with Crippen LogP contribution in [0.5, 0.6) is 5.75 Å². The van der Waals surface area contributed by atoms with Crippen molar-refractivity contribution >= 4 is 11.8 Å². The summed E-state index contributed by atoms with van der Waals surface area (Å²) in [5, 5.41) is 20.5. The highest BCUT2D eigenvalue weighted by Gasteiger charge is 2.18. The predicted octanol–water partition coefficient (Wildman–Crippen LogP) is 2.23. The van der Waals surface area contributed by atoms with E-state index in [2.05, 4.69) is 0 Å². The van der Waals surface area contributed by atoms with E-state index in [1.165, 1.54) is 0 Å². The second-order valence-electron chi connectivity index (χ2n) is 2.99. The molecule has 1 unspecified atom stereocenters. The van der Waals surface area contributed by atoms with Crippen molar-refractivity contribution < 1.29 is 9.66 Å². The highest BCUT2D eigenvalue weighted by molar-refractivity contribution is 8.03. The number of methoxy groups -OCH3 is 1. The highest BCUT2D eigenvalue weighted by atomic mass is 32.2. The van der Waals surface area contributed by atoms with Gasteiger partial charge in [0.05, 0.1) is 7.11 Å². The van der Waals surface area contributed by atoms with Gasteiger partial charge in [0.1, 0.15) is 16.4 Å². The number of hydrogen-bond donors (Lipinski definition) is 0. The lowest BCUT2D eigenvalue weighted by molar-refractivity contribution is -0.479. The zero-order valence-corrected chi connectivity index (χ0v) is 9.44. The molecule has 0 saturated heterocycles. The number of thiocyanates is 1. The summed E-state index contributed by atoms with van der Waals surface area (Å²) in [6, 6.07) is 6.91. The first-order valence-corrected chi connectivity index (χ1v) is 5.36. The van der Waals surface area contributed by atoms with E-state index in [-0.39, 0.29) is 6.54 Å². The fourth-order valence-corrected chi connectivity index (χ4v) is 1.85. The Hall–Kier alpha value is -1.74. The summed E-state index contributed by atoms with van der Waals surface area (Å²) in [6.07, 6.45) is 0. The van der Waals surface area contributed by atoms with Gasteiger partial charge in [0, 0.05) is 4.92 Å². The van der Waals surface area contributed by atoms with E-state index in [9.17, 15) is 10.1 Å². The van der Waals surface area contributed by atoms with E-state index in [1.54, 1.807) is 31.4 Å². The second kappa shape index (κ2) is 5.98. The number of nitrogens with zero attached hydrogens (tertiary/aromatic N) is 2. The predicted molar refractivity (Wildman–Crippen MR) is 60.8 cm³/mol. The van der Waals surface area contributed by atoms with Crippen LogP contribution < -0.4 is 4.74 Å². The van der Waals surface area contributed by atoms with Crippen molar-refractivity contribution in [2.75, 3.05) is 13.7 Å². The van der Waals surface area contributed by atoms with Crippen molar-refractivity contribution in [3.05, 3.63) is 39.9 Å². The minimum atomic E-state index is -0.439. The van der Waals surface area contributed by atoms with Gasteiger partial charge in [-0.2, -0.15) is 5.26 Å². The Morgan fingerprint density at radius 3 is 2.62 bits per heavy atom. The fraction of sp³-hybridized carbons (Fsp3) is 0.300. The Kier molecular flexibility index (Phi) is 4.61. The standard InChI is InChI=1S/C10H10N2O3S/c1-15-9-4-2-8(3-5-9)10(16-7-11)6-12(13)14/h2-5,10H,6H2,1H3. The van der Waals surface area contributed by atoms with Gasteiger partial charge in [0.25, 0.3) is 0 Å². The molecule has 1 atom stereocenters. The molecule has 0 heterocycles. The Bertz CT molecular complexity index is 400. The molecule has 0 fully saturated rings. The number of nitriles is 1. The zero-order valence-electron chi connectivity index (χ0n) is 8.62. The SMILES string of the molecule is COc1ccc(C(C[N+](=O)[O-])SC#N)cc1. The van der Waals surface area contributed by atoms with Crippen LogP contribution in [0.4, 0.5) is 0 Å². The van der Waals surface area contributed by atoms with Crippen LogP contribution in [0, 0.1) is 20.8 Å². The lowest BCUT2D eigenvalue weighted by Crippen LogP contribution is -2.09. The quantitative estimate of drug-likeness (QED) is 0.446. The number of nitro groups is 1. The second-order valence-corrected chi connectivity index (χ2v) is 3.97. The maximum absolute atomic E-state index is 10.4. The van der Waals surface area contributed by atoms with Crippen LogP contribution in [0.15, 0.2) is 24.3 Å². The maximum Gasteiger partial charge on any atom is 0.220 e. The van der Waals surface area contributed by atoms with Crippen LogP contribution in [0.1, 0.15) is 10.8 Å². The largest absolute Gasteiger partial charge is 0.497 e. The summed E-state index contributed by atoms with van der Waals surface area (Å²) >= 11 is 0.894. The van der Waals surface area contributed by atoms with Crippen molar-refractivity contribution in [2.24, 2.45) is 0 Å². The molecule has 0 aliphatic rings. The van der Waals surface area contributed by atoms with E-state index >= 15 is 0 Å². The molecule has 0 spiro atoms. The molecule has 6 heteroatoms. The number of benzene rings is 1. The molecular weight excluding hydrogens is 228 g/mol. The van der Waals surface area contributed by atoms with Gasteiger partial charge in [-0.1, -0.05) is 12.1 Å². The summed E-state index contributed by atoms with van der Waals surface area (Å²) in [6.45, 7) is -0.259. The first kappa shape index (κ1) is 12.3. The molecule has 1 rings (SSSR count). The molecule has 0 aliphatic carbocycles. The van der Waals surface area contributed by atoms with Crippen molar-refractivity contribution in [1.82, 2.24) is 0 Å². The van der Waals surface area contributed by atoms with Gasteiger partial charge in [0.2, 0.25) is 6.54 Å². The van der Waals surface area contributed by atoms with Crippen molar-refractivity contribution in [3.8, 4) is 11.2 Å². The Morgan fingerprint density at radius 1 is 1.56 bits per heavy atom. The monoisotopic (exact) mass is 238 g/mol. The molecule has 1 aromatic carbocycles. The van der Waals surface area contributed by atoms with Gasteiger partial charge in [-0.3, -0.25) is 10.1 Å². The van der Waals surface area contributed by atoms with Crippen molar-refractivity contribution in [1.29, 1.82) is 5.26 Å². The van der Waals surface area contributed by atoms with Gasteiger partial charge in [-0.05, 0) is 29.5 Å². The summed E-state index contributed by atoms with van der Waals surface area (Å²) in [4.78, 5) is 10.0. The summed E-state index contributed by atoms with van der Waals surface area (Å²) in [7, 11) is 1.55. The molecule has 1 aromatic rings. The normalized spacial score (nSPS) is 11.5. The van der Waals surface area contributed by atoms with Crippen LogP contribution in [-0.4, -0.2) is 18.6 Å². The summed E-state index contributed by atoms with van der Waals surface area (Å²) in [5.41, 5.74) is 0.754. The third kappa shape index (κ3) is 3.44. The molecule has 0 N–H and O–H groups in total. The van der Waals surface area contributed by atoms with Crippen LogP contribution in [0.3, 0.4) is 0 Å². The molecule has 84 valence electrons. The molecule has 0 aliphatic heterocycles. The Labute approximate surface area is 97.2 Å². The maximum atomic E-state index is 10.4. The van der Waals surface area contributed by atoms with Crippen LogP contribution in [-0.2, 0) is 0 Å². The average Bonchev–Trinajstić information content (AvgIpc) is 2.28. The fourth-order valence-electron chi connectivity index (χ4n) is 1.23. The Balaban J connectivity index is 2.84. The van der Waals surface area contributed by atoms with Crippen LogP contribution >= 0.6 is 11.8 Å². The van der Waals surface area contributed by atoms with Gasteiger partial charge in [-0.25, -0.2) is 0 Å². The van der Waals surface area contributed by atoms with Crippen LogP contribution in [0.2, 0.25) is 0 Å². The minimum Gasteiger partial charge on any atom is -0.497 e. The van der Waals surface area contributed by atoms with Gasteiger partial charge in [0.15, 0.2) is 0 Å². The summed E-state index contributed by atoms with van der Waals surface area (Å²) in [5.74, 6) is 0.686. The van der Waals surface area contributed by atoms with Crippen LogP contribution in [0.25, 0.3) is 0 Å². The topological polar surface area (TPSA) is 76.2 Å². The molecule has 16 heavy (non-hydrogen) atoms. The first-order valence-electron chi connectivity index (χ1n) is 4.48. The third-order valence-corrected chi connectivity index (χ3v) is 2.81. The van der Waals surface area contributed by atoms with E-state index in [0.29, 0.717) is 5.75 Å². The number of hydrogen-bond acceptors (Lipinski definition) is 5. The van der Waals surface area contributed by atoms with Crippen molar-refractivity contribution in [3.63, 3.8) is 0 Å². The van der Waals surface area contributed by atoms with E-state index in [0.717, 1.165) is 17.3 Å². The Morgan fingerprint density at radius 2 is 2.19 bits per heavy atom. The third-order valence-electron chi connectivity index (χ3n) is 2.00. The van der Waals surface area contributed by atoms with Gasteiger partial charge < -0.3 is 4.74 Å². The highest BCUT2D eigenvalue weighted by Crippen LogP contribution is 2.29. The number of rotatable bonds is 5. The molecule has 5 nitrogen and oxygen atoms in total. The molecular formula is C10H10N2O3S. The summed E-state index contributed by atoms with van der Waals surface area (Å²) < 4.78 is 4.98. The molecule has 0 amide bonds. The average molecular weight is 238 g/mol. The first-order chi connectivity index (χ1) is 7.67. The smallest absolute Gasteiger partial charge is 0.220 e. The molecule has 0 bridgehead atoms. The van der Waals surface area contributed by atoms with Gasteiger partial charge in [-0.15, -0.1) is 0 Å². The number of ether oxygens (including phenoxy) is 1. The van der Waals surface area contributed by atoms with E-state index in [4.69, 9.17) is 10.00 Å². The van der Waals surface area contributed by atoms with Gasteiger partial charge >= 0.3 is 0 Å². The van der Waals surface area contributed by atoms with Crippen molar-refractivity contribution in [2.45, 2.75) is 5.25 Å². The number of thioether (sulfide) groups is 1. The van der Waals surface area contributed by atoms with E-state index < -0.39 is 10.2 Å². The molecule has 0 aromatic heterocycles. The van der Waals surface area contributed by atoms with E-state index in [1.807, 2.05) is 5.40 Å². The lowest BCUT2D eigenvalue weighted by Gasteiger charge is -2.09.